The van der Waals surface area contributed by atoms with Gasteiger partial charge < -0.3 is 0 Å². The number of halogens is 3. The number of hydrogen-bond donors (Lipinski definition) is 0. The van der Waals surface area contributed by atoms with E-state index in [9.17, 15) is 17.2 Å². The highest BCUT2D eigenvalue weighted by Gasteiger charge is 2.26. The topological polar surface area (TPSA) is 50.3 Å². The number of anilines is 1. The Balaban J connectivity index is 2.09. The number of benzene rings is 2. The van der Waals surface area contributed by atoms with Gasteiger partial charge in [0.1, 0.15) is 0 Å². The molecule has 0 aliphatic rings. The van der Waals surface area contributed by atoms with E-state index in [4.69, 9.17) is 11.6 Å². The van der Waals surface area contributed by atoms with Crippen molar-refractivity contribution in [2.45, 2.75) is 11.4 Å². The Morgan fingerprint density at radius 3 is 2.35 bits per heavy atom. The molecule has 26 heavy (non-hydrogen) atoms. The van der Waals surface area contributed by atoms with Gasteiger partial charge in [0.05, 0.1) is 17.1 Å². The maximum Gasteiger partial charge on any atom is 0.264 e. The monoisotopic (exact) mass is 394 g/mol. The minimum Gasteiger partial charge on any atom is -0.264 e. The van der Waals surface area contributed by atoms with E-state index in [1.165, 1.54) is 18.3 Å². The van der Waals surface area contributed by atoms with Crippen molar-refractivity contribution in [1.82, 2.24) is 4.98 Å². The molecule has 3 rings (SSSR count). The van der Waals surface area contributed by atoms with Crippen LogP contribution in [-0.2, 0) is 16.6 Å². The average molecular weight is 395 g/mol. The number of hydrogen-bond acceptors (Lipinski definition) is 3. The van der Waals surface area contributed by atoms with E-state index in [1.54, 1.807) is 30.5 Å². The zero-order valence-electron chi connectivity index (χ0n) is 13.3. The summed E-state index contributed by atoms with van der Waals surface area (Å²) >= 11 is 5.88. The Morgan fingerprint density at radius 1 is 1.00 bits per heavy atom. The van der Waals surface area contributed by atoms with E-state index in [1.807, 2.05) is 0 Å². The molecule has 0 unspecified atom stereocenters. The van der Waals surface area contributed by atoms with Crippen molar-refractivity contribution in [3.63, 3.8) is 0 Å². The Labute approximate surface area is 154 Å². The zero-order valence-corrected chi connectivity index (χ0v) is 14.9. The van der Waals surface area contributed by atoms with Gasteiger partial charge in [-0.2, -0.15) is 0 Å². The fourth-order valence-corrected chi connectivity index (χ4v) is 3.94. The second-order valence-electron chi connectivity index (χ2n) is 5.43. The SMILES string of the molecule is O=S(=O)(c1ccc(F)c(F)c1)N(Cc1cccnc1)c1ccc(Cl)cc1. The Bertz CT molecular complexity index is 1010. The Kier molecular flexibility index (Phi) is 5.20. The first-order valence-corrected chi connectivity index (χ1v) is 9.32. The summed E-state index contributed by atoms with van der Waals surface area (Å²) in [6.07, 6.45) is 3.10. The zero-order chi connectivity index (χ0) is 18.7. The summed E-state index contributed by atoms with van der Waals surface area (Å²) in [6, 6.07) is 12.0. The summed E-state index contributed by atoms with van der Waals surface area (Å²) in [5.41, 5.74) is 0.969. The highest BCUT2D eigenvalue weighted by atomic mass is 35.5. The molecule has 0 aliphatic heterocycles. The van der Waals surface area contributed by atoms with Gasteiger partial charge in [-0.05, 0) is 54.1 Å². The van der Waals surface area contributed by atoms with E-state index in [0.717, 1.165) is 16.4 Å². The molecule has 8 heteroatoms. The first-order chi connectivity index (χ1) is 12.4. The van der Waals surface area contributed by atoms with E-state index in [2.05, 4.69) is 4.98 Å². The van der Waals surface area contributed by atoms with E-state index in [0.29, 0.717) is 22.3 Å². The van der Waals surface area contributed by atoms with Gasteiger partial charge in [0.2, 0.25) is 0 Å². The molecule has 2 aromatic carbocycles. The molecular formula is C18H13ClF2N2O2S. The van der Waals surface area contributed by atoms with Crippen molar-refractivity contribution in [3.05, 3.63) is 89.2 Å². The molecule has 0 saturated heterocycles. The van der Waals surface area contributed by atoms with E-state index < -0.39 is 21.7 Å². The van der Waals surface area contributed by atoms with Gasteiger partial charge in [-0.25, -0.2) is 17.2 Å². The van der Waals surface area contributed by atoms with Crippen LogP contribution in [0, 0.1) is 11.6 Å². The molecule has 0 spiro atoms. The highest BCUT2D eigenvalue weighted by molar-refractivity contribution is 7.92. The lowest BCUT2D eigenvalue weighted by molar-refractivity contribution is 0.504. The van der Waals surface area contributed by atoms with E-state index in [-0.39, 0.29) is 11.4 Å². The van der Waals surface area contributed by atoms with Gasteiger partial charge >= 0.3 is 0 Å². The predicted molar refractivity (Wildman–Crippen MR) is 95.4 cm³/mol. The van der Waals surface area contributed by atoms with Crippen LogP contribution in [0.1, 0.15) is 5.56 Å². The number of rotatable bonds is 5. The second-order valence-corrected chi connectivity index (χ2v) is 7.72. The van der Waals surface area contributed by atoms with Gasteiger partial charge in [-0.1, -0.05) is 17.7 Å². The fraction of sp³-hybridized carbons (Fsp3) is 0.0556. The summed E-state index contributed by atoms with van der Waals surface area (Å²) in [5, 5.41) is 0.445. The molecule has 4 nitrogen and oxygen atoms in total. The van der Waals surface area contributed by atoms with E-state index >= 15 is 0 Å². The largest absolute Gasteiger partial charge is 0.264 e. The fourth-order valence-electron chi connectivity index (χ4n) is 2.34. The lowest BCUT2D eigenvalue weighted by Gasteiger charge is -2.24. The Hall–Kier alpha value is -2.51. The molecule has 0 radical (unpaired) electrons. The third kappa shape index (κ3) is 3.84. The molecule has 1 heterocycles. The molecule has 1 aromatic heterocycles. The van der Waals surface area contributed by atoms with Crippen LogP contribution in [0.5, 0.6) is 0 Å². The molecule has 3 aromatic rings. The summed E-state index contributed by atoms with van der Waals surface area (Å²) in [5.74, 6) is -2.35. The normalized spacial score (nSPS) is 11.3. The third-order valence-corrected chi connectivity index (χ3v) is 5.66. The quantitative estimate of drug-likeness (QED) is 0.644. The lowest BCUT2D eigenvalue weighted by atomic mass is 10.2. The van der Waals surface area contributed by atoms with Gasteiger partial charge in [0.25, 0.3) is 10.0 Å². The van der Waals surface area contributed by atoms with Crippen LogP contribution < -0.4 is 4.31 Å². The molecule has 0 bridgehead atoms. The maximum absolute atomic E-state index is 13.6. The molecule has 0 N–H and O–H groups in total. The number of sulfonamides is 1. The van der Waals surface area contributed by atoms with Crippen molar-refractivity contribution >= 4 is 27.3 Å². The van der Waals surface area contributed by atoms with Crippen LogP contribution in [0.4, 0.5) is 14.5 Å². The predicted octanol–water partition coefficient (Wildman–Crippen LogP) is 4.41. The Morgan fingerprint density at radius 2 is 1.73 bits per heavy atom. The molecule has 134 valence electrons. The minimum atomic E-state index is -4.15. The molecule has 0 atom stereocenters. The van der Waals surface area contributed by atoms with Gasteiger partial charge in [0, 0.05) is 17.4 Å². The van der Waals surface area contributed by atoms with Crippen LogP contribution in [0.3, 0.4) is 0 Å². The van der Waals surface area contributed by atoms with Crippen molar-refractivity contribution < 1.29 is 17.2 Å². The van der Waals surface area contributed by atoms with Crippen molar-refractivity contribution in [1.29, 1.82) is 0 Å². The first-order valence-electron chi connectivity index (χ1n) is 7.50. The molecule has 0 fully saturated rings. The first kappa shape index (κ1) is 18.3. The van der Waals surface area contributed by atoms with Crippen molar-refractivity contribution in [2.24, 2.45) is 0 Å². The van der Waals surface area contributed by atoms with Gasteiger partial charge in [-0.3, -0.25) is 9.29 Å². The van der Waals surface area contributed by atoms with Crippen molar-refractivity contribution in [3.8, 4) is 0 Å². The van der Waals surface area contributed by atoms with Crippen molar-refractivity contribution in [2.75, 3.05) is 4.31 Å². The van der Waals surface area contributed by atoms with Crippen LogP contribution in [0.25, 0.3) is 0 Å². The summed E-state index contributed by atoms with van der Waals surface area (Å²) in [6.45, 7) is -0.0310. The third-order valence-electron chi connectivity index (χ3n) is 3.64. The van der Waals surface area contributed by atoms with Gasteiger partial charge in [0.15, 0.2) is 11.6 Å². The highest BCUT2D eigenvalue weighted by Crippen LogP contribution is 2.27. The van der Waals surface area contributed by atoms with Crippen LogP contribution >= 0.6 is 11.6 Å². The number of nitrogens with zero attached hydrogens (tertiary/aromatic N) is 2. The molecule has 0 aliphatic carbocycles. The summed E-state index contributed by atoms with van der Waals surface area (Å²) in [4.78, 5) is 3.62. The lowest BCUT2D eigenvalue weighted by Crippen LogP contribution is -2.30. The van der Waals surface area contributed by atoms with Crippen LogP contribution in [-0.4, -0.2) is 13.4 Å². The summed E-state index contributed by atoms with van der Waals surface area (Å²) in [7, 11) is -4.15. The maximum atomic E-state index is 13.6. The number of pyridine rings is 1. The average Bonchev–Trinajstić information content (AvgIpc) is 2.63. The molecule has 0 amide bonds. The standard InChI is InChI=1S/C18H13ClF2N2O2S/c19-14-3-5-15(6-4-14)23(12-13-2-1-9-22-11-13)26(24,25)16-7-8-17(20)18(21)10-16/h1-11H,12H2. The minimum absolute atomic E-state index is 0.0310. The van der Waals surface area contributed by atoms with Crippen LogP contribution in [0.15, 0.2) is 71.9 Å². The number of aromatic nitrogens is 1. The van der Waals surface area contributed by atoms with Gasteiger partial charge in [-0.15, -0.1) is 0 Å². The molecule has 0 saturated carbocycles. The second kappa shape index (κ2) is 7.39. The van der Waals surface area contributed by atoms with Crippen LogP contribution in [0.2, 0.25) is 5.02 Å². The summed E-state index contributed by atoms with van der Waals surface area (Å²) < 4.78 is 54.0. The molecular weight excluding hydrogens is 382 g/mol. The smallest absolute Gasteiger partial charge is 0.264 e.